The molecule has 0 fully saturated rings. The number of nitrogens with zero attached hydrogens (tertiary/aromatic N) is 4. The van der Waals surface area contributed by atoms with Crippen molar-refractivity contribution in [2.24, 2.45) is 5.10 Å². The smallest absolute Gasteiger partial charge is 0.271 e. The van der Waals surface area contributed by atoms with Gasteiger partial charge in [-0.25, -0.2) is 10.4 Å². The van der Waals surface area contributed by atoms with Gasteiger partial charge in [-0.15, -0.1) is 0 Å². The molecule has 4 rings (SSSR count). The van der Waals surface area contributed by atoms with Crippen molar-refractivity contribution in [3.05, 3.63) is 81.9 Å². The van der Waals surface area contributed by atoms with Crippen LogP contribution in [0.1, 0.15) is 28.9 Å². The fourth-order valence-electron chi connectivity index (χ4n) is 3.33. The summed E-state index contributed by atoms with van der Waals surface area (Å²) in [5, 5.41) is 14.7. The highest BCUT2D eigenvalue weighted by atomic mass is 16.6. The van der Waals surface area contributed by atoms with Crippen molar-refractivity contribution < 1.29 is 14.1 Å². The predicted molar refractivity (Wildman–Crippen MR) is 116 cm³/mol. The van der Waals surface area contributed by atoms with Crippen LogP contribution in [-0.4, -0.2) is 26.6 Å². The summed E-state index contributed by atoms with van der Waals surface area (Å²) >= 11 is 0. The zero-order valence-electron chi connectivity index (χ0n) is 16.9. The molecular formula is C22H19N5O4. The first-order valence-electron chi connectivity index (χ1n) is 9.61. The Kier molecular flexibility index (Phi) is 5.31. The van der Waals surface area contributed by atoms with Crippen LogP contribution >= 0.6 is 0 Å². The van der Waals surface area contributed by atoms with E-state index in [0.29, 0.717) is 22.6 Å². The van der Waals surface area contributed by atoms with Crippen molar-refractivity contribution in [1.82, 2.24) is 15.0 Å². The number of furan rings is 1. The van der Waals surface area contributed by atoms with E-state index < -0.39 is 4.92 Å². The van der Waals surface area contributed by atoms with Gasteiger partial charge in [0.2, 0.25) is 0 Å². The monoisotopic (exact) mass is 417 g/mol. The number of carbonyl (C=O) groups is 1. The van der Waals surface area contributed by atoms with Gasteiger partial charge < -0.3 is 8.98 Å². The molecule has 0 saturated heterocycles. The minimum atomic E-state index is -0.457. The lowest BCUT2D eigenvalue weighted by Crippen LogP contribution is -2.17. The third-order valence-electron chi connectivity index (χ3n) is 4.86. The SMILES string of the molecule is CCn1c(C)nc2cc(C(=O)NN=Cc3ccc(-c4ccc([N+](=O)[O-])cc4)o3)ccc21. The first-order chi connectivity index (χ1) is 15.0. The second kappa shape index (κ2) is 8.23. The molecule has 1 amide bonds. The summed E-state index contributed by atoms with van der Waals surface area (Å²) in [4.78, 5) is 27.2. The highest BCUT2D eigenvalue weighted by molar-refractivity contribution is 5.97. The Labute approximate surface area is 177 Å². The molecule has 0 bridgehead atoms. The number of non-ortho nitro benzene ring substituents is 1. The Morgan fingerprint density at radius 2 is 2.00 bits per heavy atom. The quantitative estimate of drug-likeness (QED) is 0.285. The Morgan fingerprint density at radius 3 is 2.71 bits per heavy atom. The Balaban J connectivity index is 1.43. The average Bonchev–Trinajstić information content (AvgIpc) is 3.36. The summed E-state index contributed by atoms with van der Waals surface area (Å²) in [5.41, 5.74) is 5.38. The van der Waals surface area contributed by atoms with E-state index in [-0.39, 0.29) is 11.6 Å². The van der Waals surface area contributed by atoms with Gasteiger partial charge in [0.25, 0.3) is 11.6 Å². The third-order valence-corrected chi connectivity index (χ3v) is 4.86. The first-order valence-corrected chi connectivity index (χ1v) is 9.61. The summed E-state index contributed by atoms with van der Waals surface area (Å²) in [6.07, 6.45) is 1.39. The van der Waals surface area contributed by atoms with E-state index in [2.05, 4.69) is 20.1 Å². The zero-order chi connectivity index (χ0) is 22.0. The number of amides is 1. The van der Waals surface area contributed by atoms with Crippen LogP contribution < -0.4 is 5.43 Å². The molecule has 2 aromatic heterocycles. The Morgan fingerprint density at radius 1 is 1.23 bits per heavy atom. The number of hydrazone groups is 1. The van der Waals surface area contributed by atoms with Crippen LogP contribution in [0.4, 0.5) is 5.69 Å². The topological polar surface area (TPSA) is 116 Å². The molecule has 4 aromatic rings. The van der Waals surface area contributed by atoms with Crippen molar-refractivity contribution in [3.8, 4) is 11.3 Å². The molecule has 9 nitrogen and oxygen atoms in total. The molecule has 0 aliphatic rings. The van der Waals surface area contributed by atoms with Gasteiger partial charge in [0.15, 0.2) is 0 Å². The predicted octanol–water partition coefficient (Wildman–Crippen LogP) is 4.30. The minimum absolute atomic E-state index is 0.00890. The molecule has 0 atom stereocenters. The Bertz CT molecular complexity index is 1300. The van der Waals surface area contributed by atoms with Crippen molar-refractivity contribution in [2.75, 3.05) is 0 Å². The number of rotatable bonds is 6. The second-order valence-electron chi connectivity index (χ2n) is 6.81. The number of nitro benzene ring substituents is 1. The lowest BCUT2D eigenvalue weighted by atomic mass is 10.1. The van der Waals surface area contributed by atoms with E-state index in [9.17, 15) is 14.9 Å². The van der Waals surface area contributed by atoms with Crippen LogP contribution in [-0.2, 0) is 6.54 Å². The standard InChI is InChI=1S/C22H19N5O4/c1-3-26-14(2)24-19-12-16(6-10-20(19)26)22(28)25-23-13-18-9-11-21(31-18)15-4-7-17(8-5-15)27(29)30/h4-13H,3H2,1-2H3,(H,25,28). The molecule has 0 aliphatic carbocycles. The molecule has 0 saturated carbocycles. The number of nitrogens with one attached hydrogen (secondary N) is 1. The lowest BCUT2D eigenvalue weighted by molar-refractivity contribution is -0.384. The average molecular weight is 417 g/mol. The summed E-state index contributed by atoms with van der Waals surface area (Å²) in [5.74, 6) is 1.51. The van der Waals surface area contributed by atoms with Crippen LogP contribution in [0.2, 0.25) is 0 Å². The summed E-state index contributed by atoms with van der Waals surface area (Å²) < 4.78 is 7.74. The van der Waals surface area contributed by atoms with Gasteiger partial charge in [-0.2, -0.15) is 5.10 Å². The van der Waals surface area contributed by atoms with Gasteiger partial charge in [-0.3, -0.25) is 14.9 Å². The number of nitro groups is 1. The van der Waals surface area contributed by atoms with Crippen LogP contribution in [0.5, 0.6) is 0 Å². The van der Waals surface area contributed by atoms with Gasteiger partial charge in [0.05, 0.1) is 22.2 Å². The number of aromatic nitrogens is 2. The van der Waals surface area contributed by atoms with Crippen molar-refractivity contribution >= 4 is 28.8 Å². The van der Waals surface area contributed by atoms with Crippen LogP contribution in [0.15, 0.2) is 64.1 Å². The van der Waals surface area contributed by atoms with Gasteiger partial charge in [-0.05, 0) is 56.3 Å². The summed E-state index contributed by atoms with van der Waals surface area (Å²) in [6, 6.07) is 14.8. The first kappa shape index (κ1) is 20.0. The molecule has 2 aromatic carbocycles. The number of fused-ring (bicyclic) bond motifs is 1. The molecule has 156 valence electrons. The highest BCUT2D eigenvalue weighted by Gasteiger charge is 2.11. The fourth-order valence-corrected chi connectivity index (χ4v) is 3.33. The second-order valence-corrected chi connectivity index (χ2v) is 6.81. The molecule has 9 heteroatoms. The number of aryl methyl sites for hydroxylation is 2. The van der Waals surface area contributed by atoms with Crippen LogP contribution in [0.25, 0.3) is 22.4 Å². The van der Waals surface area contributed by atoms with E-state index >= 15 is 0 Å². The largest absolute Gasteiger partial charge is 0.455 e. The number of benzene rings is 2. The molecule has 2 heterocycles. The zero-order valence-corrected chi connectivity index (χ0v) is 16.9. The van der Waals surface area contributed by atoms with Crippen molar-refractivity contribution in [2.45, 2.75) is 20.4 Å². The minimum Gasteiger partial charge on any atom is -0.455 e. The molecule has 0 spiro atoms. The van der Waals surface area contributed by atoms with Crippen LogP contribution in [0.3, 0.4) is 0 Å². The number of imidazole rings is 1. The number of carbonyl (C=O) groups excluding carboxylic acids is 1. The molecule has 0 unspecified atom stereocenters. The fraction of sp³-hybridized carbons (Fsp3) is 0.136. The van der Waals surface area contributed by atoms with E-state index in [4.69, 9.17) is 4.42 Å². The normalized spacial score (nSPS) is 11.3. The van der Waals surface area contributed by atoms with Gasteiger partial charge >= 0.3 is 0 Å². The number of hydrogen-bond donors (Lipinski definition) is 1. The maximum Gasteiger partial charge on any atom is 0.271 e. The van der Waals surface area contributed by atoms with E-state index in [0.717, 1.165) is 23.4 Å². The highest BCUT2D eigenvalue weighted by Crippen LogP contribution is 2.24. The maximum absolute atomic E-state index is 12.4. The summed E-state index contributed by atoms with van der Waals surface area (Å²) in [7, 11) is 0. The van der Waals surface area contributed by atoms with Crippen LogP contribution in [0, 0.1) is 17.0 Å². The molecule has 0 aliphatic heterocycles. The Hall–Kier alpha value is -4.27. The molecule has 0 radical (unpaired) electrons. The summed E-state index contributed by atoms with van der Waals surface area (Å²) in [6.45, 7) is 4.79. The third kappa shape index (κ3) is 4.06. The van der Waals surface area contributed by atoms with Gasteiger partial charge in [-0.1, -0.05) is 0 Å². The number of hydrogen-bond acceptors (Lipinski definition) is 6. The molecular weight excluding hydrogens is 398 g/mol. The van der Waals surface area contributed by atoms with Gasteiger partial charge in [0.1, 0.15) is 17.3 Å². The van der Waals surface area contributed by atoms with E-state index in [1.54, 1.807) is 36.4 Å². The van der Waals surface area contributed by atoms with Crippen molar-refractivity contribution in [1.29, 1.82) is 0 Å². The molecule has 1 N–H and O–H groups in total. The molecule has 31 heavy (non-hydrogen) atoms. The lowest BCUT2D eigenvalue weighted by Gasteiger charge is -2.03. The van der Waals surface area contributed by atoms with E-state index in [1.807, 2.05) is 19.9 Å². The van der Waals surface area contributed by atoms with E-state index in [1.165, 1.54) is 18.3 Å². The van der Waals surface area contributed by atoms with Gasteiger partial charge in [0, 0.05) is 29.8 Å². The van der Waals surface area contributed by atoms with Crippen molar-refractivity contribution in [3.63, 3.8) is 0 Å². The maximum atomic E-state index is 12.4.